The highest BCUT2D eigenvalue weighted by molar-refractivity contribution is 5.35. The molecule has 0 aromatic heterocycles. The van der Waals surface area contributed by atoms with Crippen LogP contribution in [-0.2, 0) is 6.42 Å². The van der Waals surface area contributed by atoms with Gasteiger partial charge in [0.2, 0.25) is 0 Å². The Hall–Kier alpha value is -1.80. The summed E-state index contributed by atoms with van der Waals surface area (Å²) in [6, 6.07) is 17.0. The van der Waals surface area contributed by atoms with E-state index in [9.17, 15) is 0 Å². The summed E-state index contributed by atoms with van der Waals surface area (Å²) < 4.78 is 5.87. The maximum absolute atomic E-state index is 5.87. The van der Waals surface area contributed by atoms with Crippen LogP contribution >= 0.6 is 0 Å². The molecule has 0 bridgehead atoms. The van der Waals surface area contributed by atoms with Crippen LogP contribution in [0.1, 0.15) is 44.4 Å². The van der Waals surface area contributed by atoms with Crippen molar-refractivity contribution in [3.8, 4) is 11.5 Å². The van der Waals surface area contributed by atoms with E-state index in [1.165, 1.54) is 11.1 Å². The van der Waals surface area contributed by atoms with Gasteiger partial charge in [0.1, 0.15) is 11.5 Å². The fourth-order valence-electron chi connectivity index (χ4n) is 2.23. The molecule has 1 N–H and O–H groups in total. The molecule has 2 aromatic rings. The molecule has 2 nitrogen and oxygen atoms in total. The van der Waals surface area contributed by atoms with E-state index in [0.717, 1.165) is 30.9 Å². The number of nitrogens with one attached hydrogen (secondary N) is 1. The summed E-state index contributed by atoms with van der Waals surface area (Å²) in [5.74, 6) is 1.77. The van der Waals surface area contributed by atoms with Gasteiger partial charge in [0.05, 0.1) is 0 Å². The van der Waals surface area contributed by atoms with Crippen LogP contribution in [0.5, 0.6) is 11.5 Å². The Morgan fingerprint density at radius 1 is 0.905 bits per heavy atom. The second-order valence-corrected chi connectivity index (χ2v) is 5.34. The summed E-state index contributed by atoms with van der Waals surface area (Å²) in [4.78, 5) is 0. The van der Waals surface area contributed by atoms with Crippen molar-refractivity contribution in [3.05, 3.63) is 59.7 Å². The minimum Gasteiger partial charge on any atom is -0.457 e. The Morgan fingerprint density at radius 2 is 1.48 bits per heavy atom. The highest BCUT2D eigenvalue weighted by Crippen LogP contribution is 2.23. The van der Waals surface area contributed by atoms with Crippen molar-refractivity contribution in [1.29, 1.82) is 0 Å². The number of hydrogen-bond acceptors (Lipinski definition) is 2. The number of benzene rings is 2. The molecule has 0 amide bonds. The van der Waals surface area contributed by atoms with Crippen molar-refractivity contribution in [2.45, 2.75) is 39.7 Å². The number of hydrogen-bond donors (Lipinski definition) is 1. The second kappa shape index (κ2) is 7.84. The van der Waals surface area contributed by atoms with E-state index >= 15 is 0 Å². The number of aryl methyl sites for hydroxylation is 1. The molecule has 112 valence electrons. The minimum absolute atomic E-state index is 0.378. The molecule has 0 aliphatic carbocycles. The largest absolute Gasteiger partial charge is 0.457 e. The molecule has 1 unspecified atom stereocenters. The molecule has 2 rings (SSSR count). The zero-order valence-corrected chi connectivity index (χ0v) is 13.2. The van der Waals surface area contributed by atoms with E-state index < -0.39 is 0 Å². The molecular formula is C19H25NO. The maximum atomic E-state index is 5.87. The molecule has 0 heterocycles. The molecule has 21 heavy (non-hydrogen) atoms. The van der Waals surface area contributed by atoms with Crippen LogP contribution in [0.2, 0.25) is 0 Å². The van der Waals surface area contributed by atoms with Gasteiger partial charge in [0.25, 0.3) is 0 Å². The average Bonchev–Trinajstić information content (AvgIpc) is 2.54. The molecule has 1 atom stereocenters. The molecule has 2 heteroatoms. The van der Waals surface area contributed by atoms with Crippen molar-refractivity contribution in [2.24, 2.45) is 0 Å². The van der Waals surface area contributed by atoms with E-state index in [1.807, 2.05) is 24.3 Å². The van der Waals surface area contributed by atoms with E-state index in [-0.39, 0.29) is 0 Å². The lowest BCUT2D eigenvalue weighted by Gasteiger charge is -2.14. The fourth-order valence-corrected chi connectivity index (χ4v) is 2.23. The van der Waals surface area contributed by atoms with Gasteiger partial charge in [-0.2, -0.15) is 0 Å². The Labute approximate surface area is 128 Å². The Bertz CT molecular complexity index is 530. The molecule has 0 saturated carbocycles. The van der Waals surface area contributed by atoms with Crippen molar-refractivity contribution >= 4 is 0 Å². The average molecular weight is 283 g/mol. The van der Waals surface area contributed by atoms with Crippen molar-refractivity contribution in [1.82, 2.24) is 5.32 Å². The van der Waals surface area contributed by atoms with Gasteiger partial charge in [-0.05, 0) is 61.7 Å². The Balaban J connectivity index is 1.98. The first-order chi connectivity index (χ1) is 10.2. The van der Waals surface area contributed by atoms with E-state index in [0.29, 0.717) is 6.04 Å². The molecule has 0 fully saturated rings. The first-order valence-corrected chi connectivity index (χ1v) is 7.83. The maximum Gasteiger partial charge on any atom is 0.127 e. The molecule has 0 aliphatic heterocycles. The predicted molar refractivity (Wildman–Crippen MR) is 89.0 cm³/mol. The third kappa shape index (κ3) is 4.61. The summed E-state index contributed by atoms with van der Waals surface area (Å²) in [7, 11) is 0. The third-order valence-electron chi connectivity index (χ3n) is 3.65. The van der Waals surface area contributed by atoms with Crippen molar-refractivity contribution in [2.75, 3.05) is 6.54 Å². The van der Waals surface area contributed by atoms with Gasteiger partial charge < -0.3 is 10.1 Å². The van der Waals surface area contributed by atoms with Crippen LogP contribution in [0.25, 0.3) is 0 Å². The van der Waals surface area contributed by atoms with E-state index in [4.69, 9.17) is 4.74 Å². The fraction of sp³-hybridized carbons (Fsp3) is 0.368. The molecule has 2 aromatic carbocycles. The monoisotopic (exact) mass is 283 g/mol. The van der Waals surface area contributed by atoms with Crippen molar-refractivity contribution < 1.29 is 4.74 Å². The summed E-state index contributed by atoms with van der Waals surface area (Å²) >= 11 is 0. The Morgan fingerprint density at radius 3 is 2.00 bits per heavy atom. The summed E-state index contributed by atoms with van der Waals surface area (Å²) in [5, 5.41) is 3.49. The highest BCUT2D eigenvalue weighted by Gasteiger charge is 2.04. The van der Waals surface area contributed by atoms with Gasteiger partial charge in [0, 0.05) is 6.04 Å². The normalized spacial score (nSPS) is 12.1. The van der Waals surface area contributed by atoms with Gasteiger partial charge in [-0.15, -0.1) is 0 Å². The predicted octanol–water partition coefficient (Wildman–Crippen LogP) is 5.10. The number of rotatable bonds is 7. The molecule has 0 saturated heterocycles. The van der Waals surface area contributed by atoms with Crippen LogP contribution in [0.15, 0.2) is 48.5 Å². The lowest BCUT2D eigenvalue weighted by atomic mass is 10.1. The zero-order chi connectivity index (χ0) is 15.1. The first kappa shape index (κ1) is 15.6. The van der Waals surface area contributed by atoms with Crippen LogP contribution in [0.3, 0.4) is 0 Å². The molecular weight excluding hydrogens is 258 g/mol. The van der Waals surface area contributed by atoms with Gasteiger partial charge in [-0.1, -0.05) is 38.1 Å². The molecule has 0 spiro atoms. The first-order valence-electron chi connectivity index (χ1n) is 7.83. The van der Waals surface area contributed by atoms with Crippen molar-refractivity contribution in [3.63, 3.8) is 0 Å². The summed E-state index contributed by atoms with van der Waals surface area (Å²) in [6.45, 7) is 7.57. The SMILES string of the molecule is CCCNC(C)c1ccc(Oc2ccc(CC)cc2)cc1. The van der Waals surface area contributed by atoms with Crippen LogP contribution in [-0.4, -0.2) is 6.54 Å². The smallest absolute Gasteiger partial charge is 0.127 e. The topological polar surface area (TPSA) is 21.3 Å². The van der Waals surface area contributed by atoms with Crippen LogP contribution < -0.4 is 10.1 Å². The highest BCUT2D eigenvalue weighted by atomic mass is 16.5. The van der Waals surface area contributed by atoms with Gasteiger partial charge in [0.15, 0.2) is 0 Å². The second-order valence-electron chi connectivity index (χ2n) is 5.34. The lowest BCUT2D eigenvalue weighted by molar-refractivity contribution is 0.481. The summed E-state index contributed by atoms with van der Waals surface area (Å²) in [6.07, 6.45) is 2.21. The van der Waals surface area contributed by atoms with Gasteiger partial charge >= 0.3 is 0 Å². The molecule has 0 radical (unpaired) electrons. The van der Waals surface area contributed by atoms with Gasteiger partial charge in [-0.3, -0.25) is 0 Å². The minimum atomic E-state index is 0.378. The lowest BCUT2D eigenvalue weighted by Crippen LogP contribution is -2.19. The third-order valence-corrected chi connectivity index (χ3v) is 3.65. The summed E-state index contributed by atoms with van der Waals surface area (Å²) in [5.41, 5.74) is 2.62. The van der Waals surface area contributed by atoms with Crippen LogP contribution in [0, 0.1) is 0 Å². The Kier molecular flexibility index (Phi) is 5.82. The van der Waals surface area contributed by atoms with E-state index in [2.05, 4.69) is 50.4 Å². The van der Waals surface area contributed by atoms with Crippen LogP contribution in [0.4, 0.5) is 0 Å². The standard InChI is InChI=1S/C19H25NO/c1-4-14-20-15(3)17-8-12-19(13-9-17)21-18-10-6-16(5-2)7-11-18/h6-13,15,20H,4-5,14H2,1-3H3. The number of ether oxygens (including phenoxy) is 1. The van der Waals surface area contributed by atoms with E-state index in [1.54, 1.807) is 0 Å². The van der Waals surface area contributed by atoms with Gasteiger partial charge in [-0.25, -0.2) is 0 Å². The quantitative estimate of drug-likeness (QED) is 0.763. The zero-order valence-electron chi connectivity index (χ0n) is 13.2. The molecule has 0 aliphatic rings.